The largest absolute Gasteiger partial charge is 0.508 e. The lowest BCUT2D eigenvalue weighted by molar-refractivity contribution is -0.277. The Morgan fingerprint density at radius 3 is 2.25 bits per heavy atom. The van der Waals surface area contributed by atoms with Gasteiger partial charge in [0, 0.05) is 17.7 Å². The first-order valence-electron chi connectivity index (χ1n) is 9.50. The third-order valence-electron chi connectivity index (χ3n) is 5.13. The van der Waals surface area contributed by atoms with Crippen molar-refractivity contribution in [3.8, 4) is 34.3 Å². The average molecular weight is 448 g/mol. The molecule has 2 heterocycles. The topological polar surface area (TPSA) is 190 Å². The Labute approximate surface area is 179 Å². The SMILES string of the molecule is O=c1c(OC2O[C@@H](CO)[C@H](O)[C@@H](O)[C@@H]2O)c(-c2ccc(O)cc2)oc2cc(O)cc(O)c12. The lowest BCUT2D eigenvalue weighted by atomic mass is 9.99. The Hall–Kier alpha value is -3.35. The van der Waals surface area contributed by atoms with Crippen molar-refractivity contribution in [3.05, 3.63) is 46.6 Å². The lowest BCUT2D eigenvalue weighted by Crippen LogP contribution is -2.60. The molecule has 2 aromatic carbocycles. The lowest BCUT2D eigenvalue weighted by Gasteiger charge is -2.39. The van der Waals surface area contributed by atoms with E-state index in [2.05, 4.69) is 0 Å². The molecule has 0 aliphatic carbocycles. The van der Waals surface area contributed by atoms with E-state index >= 15 is 0 Å². The first-order valence-corrected chi connectivity index (χ1v) is 9.50. The maximum atomic E-state index is 13.2. The van der Waals surface area contributed by atoms with Gasteiger partial charge in [-0.3, -0.25) is 4.79 Å². The van der Waals surface area contributed by atoms with Crippen LogP contribution in [0.25, 0.3) is 22.3 Å². The molecule has 11 nitrogen and oxygen atoms in total. The van der Waals surface area contributed by atoms with Gasteiger partial charge >= 0.3 is 0 Å². The van der Waals surface area contributed by atoms with Crippen molar-refractivity contribution in [1.29, 1.82) is 0 Å². The fourth-order valence-corrected chi connectivity index (χ4v) is 3.46. The van der Waals surface area contributed by atoms with Crippen LogP contribution in [0.15, 0.2) is 45.6 Å². The van der Waals surface area contributed by atoms with Crippen LogP contribution in [-0.2, 0) is 4.74 Å². The van der Waals surface area contributed by atoms with Gasteiger partial charge in [-0.25, -0.2) is 0 Å². The van der Waals surface area contributed by atoms with Gasteiger partial charge in [0.15, 0.2) is 5.76 Å². The molecule has 4 rings (SSSR count). The Morgan fingerprint density at radius 1 is 0.906 bits per heavy atom. The number of phenols is 3. The van der Waals surface area contributed by atoms with E-state index in [0.717, 1.165) is 12.1 Å². The number of hydrogen-bond donors (Lipinski definition) is 7. The number of aliphatic hydroxyl groups is 4. The number of hydrogen-bond acceptors (Lipinski definition) is 11. The number of phenolic OH excluding ortho intramolecular Hbond substituents is 3. The van der Waals surface area contributed by atoms with Crippen LogP contribution in [0.3, 0.4) is 0 Å². The first-order chi connectivity index (χ1) is 15.2. The zero-order valence-electron chi connectivity index (χ0n) is 16.3. The summed E-state index contributed by atoms with van der Waals surface area (Å²) in [5.41, 5.74) is -0.801. The Bertz CT molecular complexity index is 1190. The summed E-state index contributed by atoms with van der Waals surface area (Å²) >= 11 is 0. The Balaban J connectivity index is 1.89. The molecule has 1 aliphatic rings. The smallest absolute Gasteiger partial charge is 0.239 e. The monoisotopic (exact) mass is 448 g/mol. The van der Waals surface area contributed by atoms with Crippen LogP contribution in [0.1, 0.15) is 0 Å². The molecule has 3 aromatic rings. The number of ether oxygens (including phenoxy) is 2. The predicted octanol–water partition coefficient (Wildman–Crippen LogP) is -0.244. The van der Waals surface area contributed by atoms with Crippen molar-refractivity contribution >= 4 is 11.0 Å². The van der Waals surface area contributed by atoms with Gasteiger partial charge in [-0.1, -0.05) is 0 Å². The molecule has 11 heteroatoms. The summed E-state index contributed by atoms with van der Waals surface area (Å²) < 4.78 is 16.6. The van der Waals surface area contributed by atoms with E-state index in [9.17, 15) is 40.5 Å². The maximum absolute atomic E-state index is 13.2. The molecule has 1 saturated heterocycles. The van der Waals surface area contributed by atoms with Gasteiger partial charge in [0.05, 0.1) is 6.61 Å². The summed E-state index contributed by atoms with van der Waals surface area (Å²) in [5, 5.41) is 68.8. The maximum Gasteiger partial charge on any atom is 0.239 e. The Kier molecular flexibility index (Phi) is 5.67. The zero-order valence-corrected chi connectivity index (χ0v) is 16.3. The van der Waals surface area contributed by atoms with E-state index in [-0.39, 0.29) is 33.8 Å². The van der Waals surface area contributed by atoms with Gasteiger partial charge < -0.3 is 49.6 Å². The molecular formula is C21H20O11. The molecule has 170 valence electrons. The molecule has 0 spiro atoms. The van der Waals surface area contributed by atoms with Gasteiger partial charge in [-0.15, -0.1) is 0 Å². The molecule has 1 aromatic heterocycles. The van der Waals surface area contributed by atoms with E-state index in [1.165, 1.54) is 24.3 Å². The Morgan fingerprint density at radius 2 is 1.59 bits per heavy atom. The second-order valence-corrected chi connectivity index (χ2v) is 7.29. The second kappa shape index (κ2) is 8.30. The fraction of sp³-hybridized carbons (Fsp3) is 0.286. The molecular weight excluding hydrogens is 428 g/mol. The van der Waals surface area contributed by atoms with E-state index < -0.39 is 54.2 Å². The van der Waals surface area contributed by atoms with E-state index in [1.54, 1.807) is 0 Å². The van der Waals surface area contributed by atoms with Crippen LogP contribution in [0.5, 0.6) is 23.0 Å². The van der Waals surface area contributed by atoms with Crippen LogP contribution < -0.4 is 10.2 Å². The average Bonchev–Trinajstić information content (AvgIpc) is 2.75. The van der Waals surface area contributed by atoms with Crippen molar-refractivity contribution in [2.45, 2.75) is 30.7 Å². The van der Waals surface area contributed by atoms with E-state index in [4.69, 9.17) is 13.9 Å². The summed E-state index contributed by atoms with van der Waals surface area (Å²) in [6.07, 6.45) is -8.16. The molecule has 1 aliphatic heterocycles. The molecule has 0 amide bonds. The summed E-state index contributed by atoms with van der Waals surface area (Å²) in [5.74, 6) is -1.73. The number of aliphatic hydroxyl groups excluding tert-OH is 4. The van der Waals surface area contributed by atoms with E-state index in [1.807, 2.05) is 0 Å². The molecule has 1 unspecified atom stereocenters. The highest BCUT2D eigenvalue weighted by molar-refractivity contribution is 5.88. The highest BCUT2D eigenvalue weighted by atomic mass is 16.7. The minimum absolute atomic E-state index is 0.0661. The molecule has 5 atom stereocenters. The van der Waals surface area contributed by atoms with Crippen molar-refractivity contribution < 1.29 is 49.6 Å². The standard InChI is InChI=1S/C21H20O11/c22-7-13-15(26)17(28)18(29)21(31-13)32-20-16(27)14-11(25)5-10(24)6-12(14)30-19(20)8-1-3-9(23)4-2-8/h1-6,13,15,17-18,21-26,28-29H,7H2/t13-,15-,17+,18-,21?/m0/s1. The van der Waals surface area contributed by atoms with Crippen molar-refractivity contribution in [2.75, 3.05) is 6.61 Å². The summed E-state index contributed by atoms with van der Waals surface area (Å²) in [4.78, 5) is 13.2. The summed E-state index contributed by atoms with van der Waals surface area (Å²) in [6, 6.07) is 7.48. The summed E-state index contributed by atoms with van der Waals surface area (Å²) in [7, 11) is 0. The normalized spacial score (nSPS) is 25.7. The third kappa shape index (κ3) is 3.72. The highest BCUT2D eigenvalue weighted by Gasteiger charge is 2.45. The van der Waals surface area contributed by atoms with Crippen molar-refractivity contribution in [3.63, 3.8) is 0 Å². The molecule has 7 N–H and O–H groups in total. The molecule has 0 bridgehead atoms. The quantitative estimate of drug-likeness (QED) is 0.279. The number of benzene rings is 2. The van der Waals surface area contributed by atoms with Gasteiger partial charge in [-0.05, 0) is 24.3 Å². The van der Waals surface area contributed by atoms with Crippen LogP contribution in [-0.4, -0.2) is 73.1 Å². The second-order valence-electron chi connectivity index (χ2n) is 7.29. The molecule has 1 fully saturated rings. The number of aromatic hydroxyl groups is 3. The summed E-state index contributed by atoms with van der Waals surface area (Å²) in [6.45, 7) is -0.706. The van der Waals surface area contributed by atoms with Gasteiger partial charge in [0.25, 0.3) is 0 Å². The first kappa shape index (κ1) is 21.9. The highest BCUT2D eigenvalue weighted by Crippen LogP contribution is 2.37. The van der Waals surface area contributed by atoms with Crippen LogP contribution >= 0.6 is 0 Å². The molecule has 0 radical (unpaired) electrons. The molecule has 32 heavy (non-hydrogen) atoms. The molecule has 0 saturated carbocycles. The number of fused-ring (bicyclic) bond motifs is 1. The number of rotatable bonds is 4. The van der Waals surface area contributed by atoms with Gasteiger partial charge in [0.1, 0.15) is 52.6 Å². The van der Waals surface area contributed by atoms with Gasteiger partial charge in [0.2, 0.25) is 17.5 Å². The van der Waals surface area contributed by atoms with Crippen molar-refractivity contribution in [1.82, 2.24) is 0 Å². The van der Waals surface area contributed by atoms with Crippen LogP contribution in [0, 0.1) is 0 Å². The zero-order chi connectivity index (χ0) is 23.2. The minimum atomic E-state index is -1.80. The third-order valence-corrected chi connectivity index (χ3v) is 5.13. The fourth-order valence-electron chi connectivity index (χ4n) is 3.46. The van der Waals surface area contributed by atoms with Crippen LogP contribution in [0.4, 0.5) is 0 Å². The van der Waals surface area contributed by atoms with Gasteiger partial charge in [-0.2, -0.15) is 0 Å². The van der Waals surface area contributed by atoms with Crippen molar-refractivity contribution in [2.24, 2.45) is 0 Å². The van der Waals surface area contributed by atoms with Crippen LogP contribution in [0.2, 0.25) is 0 Å². The minimum Gasteiger partial charge on any atom is -0.508 e. The predicted molar refractivity (Wildman–Crippen MR) is 107 cm³/mol. The van der Waals surface area contributed by atoms with E-state index in [0.29, 0.717) is 0 Å².